The molecule has 1 saturated carbocycles. The van der Waals surface area contributed by atoms with Crippen molar-refractivity contribution >= 4 is 22.2 Å². The number of thiophene rings is 1. The molecular weight excluding hydrogens is 284 g/mol. The van der Waals surface area contributed by atoms with Crippen LogP contribution in [0.3, 0.4) is 0 Å². The highest BCUT2D eigenvalue weighted by atomic mass is 32.1. The largest absolute Gasteiger partial charge is 0.317 e. The SMILES string of the molecule is Cc1cc(-c2n[nH]c(C3CC3)n2)c(NC(=O)C(C)(C)C)s1. The van der Waals surface area contributed by atoms with Crippen molar-refractivity contribution in [2.45, 2.75) is 46.5 Å². The number of H-pyrrole nitrogens is 1. The average Bonchev–Trinajstić information content (AvgIpc) is 3.00. The highest BCUT2D eigenvalue weighted by Gasteiger charge is 2.28. The van der Waals surface area contributed by atoms with Gasteiger partial charge in [-0.2, -0.15) is 5.10 Å². The van der Waals surface area contributed by atoms with Gasteiger partial charge in [0.2, 0.25) is 5.91 Å². The van der Waals surface area contributed by atoms with E-state index in [-0.39, 0.29) is 5.91 Å². The summed E-state index contributed by atoms with van der Waals surface area (Å²) in [6.45, 7) is 7.73. The molecule has 0 aliphatic heterocycles. The molecule has 0 atom stereocenters. The average molecular weight is 304 g/mol. The Labute approximate surface area is 128 Å². The molecule has 2 heterocycles. The summed E-state index contributed by atoms with van der Waals surface area (Å²) in [4.78, 5) is 17.9. The lowest BCUT2D eigenvalue weighted by molar-refractivity contribution is -0.123. The van der Waals surface area contributed by atoms with Gasteiger partial charge in [-0.1, -0.05) is 20.8 Å². The maximum absolute atomic E-state index is 12.2. The molecule has 21 heavy (non-hydrogen) atoms. The van der Waals surface area contributed by atoms with Crippen LogP contribution in [0.1, 0.15) is 50.2 Å². The van der Waals surface area contributed by atoms with Gasteiger partial charge in [-0.05, 0) is 25.8 Å². The Morgan fingerprint density at radius 1 is 1.43 bits per heavy atom. The fraction of sp³-hybridized carbons (Fsp3) is 0.533. The fourth-order valence-corrected chi connectivity index (χ4v) is 2.90. The molecule has 1 aliphatic rings. The lowest BCUT2D eigenvalue weighted by Crippen LogP contribution is -2.27. The first kappa shape index (κ1) is 14.3. The van der Waals surface area contributed by atoms with Crippen LogP contribution in [-0.2, 0) is 4.79 Å². The predicted molar refractivity (Wildman–Crippen MR) is 84.5 cm³/mol. The molecule has 1 fully saturated rings. The van der Waals surface area contributed by atoms with E-state index in [0.717, 1.165) is 21.3 Å². The molecule has 0 radical (unpaired) electrons. The van der Waals surface area contributed by atoms with E-state index in [1.165, 1.54) is 12.8 Å². The molecule has 0 unspecified atom stereocenters. The number of carbonyl (C=O) groups excluding carboxylic acids is 1. The Balaban J connectivity index is 1.89. The summed E-state index contributed by atoms with van der Waals surface area (Å²) in [5.74, 6) is 2.18. The van der Waals surface area contributed by atoms with Crippen molar-refractivity contribution in [3.8, 4) is 11.4 Å². The molecule has 0 bridgehead atoms. The Kier molecular flexibility index (Phi) is 3.36. The highest BCUT2D eigenvalue weighted by Crippen LogP contribution is 2.40. The van der Waals surface area contributed by atoms with Crippen molar-refractivity contribution in [2.24, 2.45) is 5.41 Å². The molecule has 5 nitrogen and oxygen atoms in total. The molecule has 2 aromatic heterocycles. The van der Waals surface area contributed by atoms with Crippen LogP contribution in [0.25, 0.3) is 11.4 Å². The van der Waals surface area contributed by atoms with E-state index in [2.05, 4.69) is 20.5 Å². The van der Waals surface area contributed by atoms with E-state index in [1.807, 2.05) is 33.8 Å². The monoisotopic (exact) mass is 304 g/mol. The van der Waals surface area contributed by atoms with E-state index in [4.69, 9.17) is 0 Å². The van der Waals surface area contributed by atoms with Crippen molar-refractivity contribution in [1.29, 1.82) is 0 Å². The van der Waals surface area contributed by atoms with Crippen LogP contribution in [-0.4, -0.2) is 21.1 Å². The zero-order valence-corrected chi connectivity index (χ0v) is 13.6. The second-order valence-corrected chi connectivity index (χ2v) is 7.88. The van der Waals surface area contributed by atoms with Gasteiger partial charge in [0.15, 0.2) is 5.82 Å². The van der Waals surface area contributed by atoms with Crippen LogP contribution in [0.5, 0.6) is 0 Å². The quantitative estimate of drug-likeness (QED) is 0.908. The molecule has 1 amide bonds. The smallest absolute Gasteiger partial charge is 0.230 e. The minimum absolute atomic E-state index is 0.00329. The summed E-state index contributed by atoms with van der Waals surface area (Å²) >= 11 is 1.56. The maximum Gasteiger partial charge on any atom is 0.230 e. The topological polar surface area (TPSA) is 70.7 Å². The van der Waals surface area contributed by atoms with Gasteiger partial charge in [0.25, 0.3) is 0 Å². The second-order valence-electron chi connectivity index (χ2n) is 6.62. The molecule has 112 valence electrons. The van der Waals surface area contributed by atoms with Crippen molar-refractivity contribution in [3.05, 3.63) is 16.8 Å². The van der Waals surface area contributed by atoms with Crippen molar-refractivity contribution in [3.63, 3.8) is 0 Å². The minimum Gasteiger partial charge on any atom is -0.317 e. The Morgan fingerprint density at radius 3 is 2.76 bits per heavy atom. The van der Waals surface area contributed by atoms with E-state index < -0.39 is 5.41 Å². The number of aromatic amines is 1. The predicted octanol–water partition coefficient (Wildman–Crippen LogP) is 3.70. The molecule has 0 saturated heterocycles. The Bertz CT molecular complexity index is 676. The summed E-state index contributed by atoms with van der Waals surface area (Å²) in [7, 11) is 0. The van der Waals surface area contributed by atoms with Crippen LogP contribution in [0.4, 0.5) is 5.00 Å². The van der Waals surface area contributed by atoms with Gasteiger partial charge >= 0.3 is 0 Å². The fourth-order valence-electron chi connectivity index (χ4n) is 2.00. The summed E-state index contributed by atoms with van der Waals surface area (Å²) in [5, 5.41) is 11.2. The third-order valence-corrected chi connectivity index (χ3v) is 4.44. The number of hydrogen-bond acceptors (Lipinski definition) is 4. The van der Waals surface area contributed by atoms with E-state index in [9.17, 15) is 4.79 Å². The number of hydrogen-bond donors (Lipinski definition) is 2. The van der Waals surface area contributed by atoms with Gasteiger partial charge < -0.3 is 5.32 Å². The Hall–Kier alpha value is -1.69. The number of carbonyl (C=O) groups is 1. The van der Waals surface area contributed by atoms with Gasteiger partial charge in [0, 0.05) is 16.2 Å². The molecule has 2 aromatic rings. The van der Waals surface area contributed by atoms with Gasteiger partial charge in [0.1, 0.15) is 10.8 Å². The summed E-state index contributed by atoms with van der Waals surface area (Å²) in [5.41, 5.74) is 0.478. The first-order valence-electron chi connectivity index (χ1n) is 7.19. The van der Waals surface area contributed by atoms with Crippen LogP contribution < -0.4 is 5.32 Å². The molecule has 6 heteroatoms. The van der Waals surface area contributed by atoms with Crippen LogP contribution in [0.15, 0.2) is 6.07 Å². The van der Waals surface area contributed by atoms with Gasteiger partial charge in [-0.15, -0.1) is 11.3 Å². The van der Waals surface area contributed by atoms with Crippen LogP contribution in [0.2, 0.25) is 0 Å². The molecule has 3 rings (SSSR count). The highest BCUT2D eigenvalue weighted by molar-refractivity contribution is 7.16. The van der Waals surface area contributed by atoms with Crippen molar-refractivity contribution < 1.29 is 4.79 Å². The van der Waals surface area contributed by atoms with Crippen molar-refractivity contribution in [2.75, 3.05) is 5.32 Å². The number of nitrogens with one attached hydrogen (secondary N) is 2. The number of amides is 1. The molecule has 1 aliphatic carbocycles. The summed E-state index contributed by atoms with van der Waals surface area (Å²) in [6, 6.07) is 2.03. The first-order chi connectivity index (χ1) is 9.84. The Morgan fingerprint density at radius 2 is 2.14 bits per heavy atom. The maximum atomic E-state index is 12.2. The number of aromatic nitrogens is 3. The first-order valence-corrected chi connectivity index (χ1v) is 8.01. The van der Waals surface area contributed by atoms with Crippen molar-refractivity contribution in [1.82, 2.24) is 15.2 Å². The zero-order valence-electron chi connectivity index (χ0n) is 12.8. The van der Waals surface area contributed by atoms with E-state index >= 15 is 0 Å². The van der Waals surface area contributed by atoms with Gasteiger partial charge in [0.05, 0.1) is 5.56 Å². The normalized spacial score (nSPS) is 15.2. The lowest BCUT2D eigenvalue weighted by atomic mass is 9.96. The third kappa shape index (κ3) is 3.00. The second kappa shape index (κ2) is 4.94. The standard InChI is InChI=1S/C15H20N4OS/c1-8-7-10(12-16-11(18-19-12)9-5-6-9)13(21-8)17-14(20)15(2,3)4/h7,9H,5-6H2,1-4H3,(H,17,20)(H,16,18,19). The zero-order chi connectivity index (χ0) is 15.2. The lowest BCUT2D eigenvalue weighted by Gasteiger charge is -2.17. The number of nitrogens with zero attached hydrogens (tertiary/aromatic N) is 2. The van der Waals surface area contributed by atoms with Gasteiger partial charge in [-0.25, -0.2) is 4.98 Å². The molecular formula is C15H20N4OS. The van der Waals surface area contributed by atoms with E-state index in [0.29, 0.717) is 11.7 Å². The number of aryl methyl sites for hydroxylation is 1. The number of rotatable bonds is 3. The molecule has 0 spiro atoms. The third-order valence-electron chi connectivity index (χ3n) is 3.47. The number of anilines is 1. The van der Waals surface area contributed by atoms with Gasteiger partial charge in [-0.3, -0.25) is 9.89 Å². The van der Waals surface area contributed by atoms with E-state index in [1.54, 1.807) is 11.3 Å². The summed E-state index contributed by atoms with van der Waals surface area (Å²) < 4.78 is 0. The molecule has 2 N–H and O–H groups in total. The molecule has 0 aromatic carbocycles. The summed E-state index contributed by atoms with van der Waals surface area (Å²) in [6.07, 6.45) is 2.37. The van der Waals surface area contributed by atoms with Crippen LogP contribution in [0, 0.1) is 12.3 Å². The minimum atomic E-state index is -0.423. The van der Waals surface area contributed by atoms with Crippen LogP contribution >= 0.6 is 11.3 Å².